The molecule has 1 saturated heterocycles. The molecular weight excluding hydrogens is 214 g/mol. The third-order valence-electron chi connectivity index (χ3n) is 2.55. The molecule has 0 aromatic rings. The van der Waals surface area contributed by atoms with Crippen LogP contribution in [0.25, 0.3) is 0 Å². The molecule has 0 spiro atoms. The second-order valence-electron chi connectivity index (χ2n) is 3.96. The van der Waals surface area contributed by atoms with Crippen LogP contribution >= 0.6 is 12.6 Å². The molecule has 0 saturated carbocycles. The SMILES string of the molecule is CN1CCO[Si](C)(CCCS)OCC1. The van der Waals surface area contributed by atoms with E-state index in [1.807, 2.05) is 0 Å². The summed E-state index contributed by atoms with van der Waals surface area (Å²) in [5.41, 5.74) is 0. The standard InChI is InChI=1S/C9H21NO2SSi/c1-10-4-6-11-14(2,9-3-8-13)12-7-5-10/h13H,3-9H2,1-2H3. The molecule has 0 aromatic heterocycles. The van der Waals surface area contributed by atoms with Crippen LogP contribution in [-0.2, 0) is 8.85 Å². The maximum atomic E-state index is 5.88. The van der Waals surface area contributed by atoms with Gasteiger partial charge in [0.05, 0.1) is 0 Å². The van der Waals surface area contributed by atoms with E-state index in [-0.39, 0.29) is 0 Å². The van der Waals surface area contributed by atoms with E-state index in [4.69, 9.17) is 8.85 Å². The summed E-state index contributed by atoms with van der Waals surface area (Å²) in [5.74, 6) is 0.926. The summed E-state index contributed by atoms with van der Waals surface area (Å²) in [5, 5.41) is 0. The van der Waals surface area contributed by atoms with Crippen molar-refractivity contribution in [3.8, 4) is 0 Å². The van der Waals surface area contributed by atoms with Crippen molar-refractivity contribution in [2.24, 2.45) is 0 Å². The number of hydrogen-bond acceptors (Lipinski definition) is 4. The van der Waals surface area contributed by atoms with E-state index in [0.717, 1.165) is 44.5 Å². The lowest BCUT2D eigenvalue weighted by Crippen LogP contribution is -2.45. The molecule has 0 atom stereocenters. The number of hydrogen-bond donors (Lipinski definition) is 1. The molecule has 0 amide bonds. The highest BCUT2D eigenvalue weighted by atomic mass is 32.1. The first-order valence-electron chi connectivity index (χ1n) is 5.24. The lowest BCUT2D eigenvalue weighted by atomic mass is 10.5. The van der Waals surface area contributed by atoms with E-state index in [9.17, 15) is 0 Å². The Kier molecular flexibility index (Phi) is 5.47. The molecular formula is C9H21NO2SSi. The lowest BCUT2D eigenvalue weighted by Gasteiger charge is -2.31. The summed E-state index contributed by atoms with van der Waals surface area (Å²) >= 11 is 4.22. The largest absolute Gasteiger partial charge is 0.393 e. The first-order valence-corrected chi connectivity index (χ1v) is 8.39. The fourth-order valence-electron chi connectivity index (χ4n) is 1.53. The molecule has 1 heterocycles. The quantitative estimate of drug-likeness (QED) is 0.590. The third kappa shape index (κ3) is 4.31. The van der Waals surface area contributed by atoms with Crippen LogP contribution in [0.15, 0.2) is 0 Å². The molecule has 0 N–H and O–H groups in total. The first kappa shape index (κ1) is 12.5. The predicted octanol–water partition coefficient (Wildman–Crippen LogP) is 1.36. The highest BCUT2D eigenvalue weighted by Crippen LogP contribution is 2.17. The van der Waals surface area contributed by atoms with Crippen molar-refractivity contribution in [2.45, 2.75) is 19.0 Å². The molecule has 1 fully saturated rings. The van der Waals surface area contributed by atoms with Crippen LogP contribution in [0.4, 0.5) is 0 Å². The van der Waals surface area contributed by atoms with Crippen molar-refractivity contribution in [1.29, 1.82) is 0 Å². The van der Waals surface area contributed by atoms with Gasteiger partial charge in [0.15, 0.2) is 0 Å². The average Bonchev–Trinajstić information content (AvgIpc) is 2.12. The van der Waals surface area contributed by atoms with Gasteiger partial charge in [-0.05, 0) is 31.8 Å². The van der Waals surface area contributed by atoms with Crippen LogP contribution in [0.1, 0.15) is 6.42 Å². The fraction of sp³-hybridized carbons (Fsp3) is 1.00. The molecule has 1 aliphatic heterocycles. The second-order valence-corrected chi connectivity index (χ2v) is 7.75. The van der Waals surface area contributed by atoms with Crippen LogP contribution in [-0.4, -0.2) is 52.6 Å². The van der Waals surface area contributed by atoms with Crippen LogP contribution in [0.3, 0.4) is 0 Å². The molecule has 0 bridgehead atoms. The Morgan fingerprint density at radius 1 is 1.29 bits per heavy atom. The summed E-state index contributed by atoms with van der Waals surface area (Å²) in [6.45, 7) is 5.83. The maximum Gasteiger partial charge on any atom is 0.335 e. The fourth-order valence-corrected chi connectivity index (χ4v) is 4.23. The topological polar surface area (TPSA) is 21.7 Å². The summed E-state index contributed by atoms with van der Waals surface area (Å²) < 4.78 is 11.8. The molecule has 14 heavy (non-hydrogen) atoms. The maximum absolute atomic E-state index is 5.88. The summed E-state index contributed by atoms with van der Waals surface area (Å²) in [4.78, 5) is 2.24. The van der Waals surface area contributed by atoms with Crippen molar-refractivity contribution in [3.63, 3.8) is 0 Å². The monoisotopic (exact) mass is 235 g/mol. The summed E-state index contributed by atoms with van der Waals surface area (Å²) in [6.07, 6.45) is 1.10. The highest BCUT2D eigenvalue weighted by Gasteiger charge is 2.31. The molecule has 1 rings (SSSR count). The lowest BCUT2D eigenvalue weighted by molar-refractivity contribution is 0.109. The molecule has 0 aliphatic carbocycles. The molecule has 5 heteroatoms. The van der Waals surface area contributed by atoms with Gasteiger partial charge in [0.25, 0.3) is 0 Å². The van der Waals surface area contributed by atoms with E-state index >= 15 is 0 Å². The predicted molar refractivity (Wildman–Crippen MR) is 64.3 cm³/mol. The van der Waals surface area contributed by atoms with E-state index in [0.29, 0.717) is 0 Å². The second kappa shape index (κ2) is 6.12. The molecule has 3 nitrogen and oxygen atoms in total. The number of thiol groups is 1. The van der Waals surface area contributed by atoms with Crippen molar-refractivity contribution in [2.75, 3.05) is 39.1 Å². The third-order valence-corrected chi connectivity index (χ3v) is 5.76. The van der Waals surface area contributed by atoms with Crippen LogP contribution < -0.4 is 0 Å². The van der Waals surface area contributed by atoms with Gasteiger partial charge in [0.1, 0.15) is 0 Å². The normalized spacial score (nSPS) is 24.2. The summed E-state index contributed by atoms with van der Waals surface area (Å²) in [7, 11) is 0.257. The van der Waals surface area contributed by atoms with E-state index in [1.54, 1.807) is 0 Å². The molecule has 84 valence electrons. The van der Waals surface area contributed by atoms with E-state index < -0.39 is 8.56 Å². The Hall–Kier alpha value is 0.447. The van der Waals surface area contributed by atoms with Crippen molar-refractivity contribution < 1.29 is 8.85 Å². The van der Waals surface area contributed by atoms with Crippen LogP contribution in [0.2, 0.25) is 12.6 Å². The Balaban J connectivity index is 2.36. The Bertz CT molecular complexity index is 161. The Labute approximate surface area is 93.4 Å². The zero-order valence-electron chi connectivity index (χ0n) is 9.16. The minimum absolute atomic E-state index is 0.811. The van der Waals surface area contributed by atoms with Crippen molar-refractivity contribution >= 4 is 21.2 Å². The van der Waals surface area contributed by atoms with Gasteiger partial charge in [-0.15, -0.1) is 0 Å². The molecule has 1 aliphatic rings. The Morgan fingerprint density at radius 3 is 2.36 bits per heavy atom. The van der Waals surface area contributed by atoms with Gasteiger partial charge in [-0.2, -0.15) is 12.6 Å². The minimum Gasteiger partial charge on any atom is -0.393 e. The average molecular weight is 235 g/mol. The number of likely N-dealkylation sites (N-methyl/N-ethyl adjacent to an activating group) is 1. The van der Waals surface area contributed by atoms with Gasteiger partial charge >= 0.3 is 8.56 Å². The molecule has 0 aromatic carbocycles. The van der Waals surface area contributed by atoms with Gasteiger partial charge in [-0.1, -0.05) is 0 Å². The van der Waals surface area contributed by atoms with Gasteiger partial charge in [0.2, 0.25) is 0 Å². The van der Waals surface area contributed by atoms with Crippen LogP contribution in [0, 0.1) is 0 Å². The zero-order valence-corrected chi connectivity index (χ0v) is 11.1. The van der Waals surface area contributed by atoms with Crippen molar-refractivity contribution in [1.82, 2.24) is 4.90 Å². The van der Waals surface area contributed by atoms with Gasteiger partial charge in [-0.3, -0.25) is 0 Å². The first-order chi connectivity index (χ1) is 6.66. The van der Waals surface area contributed by atoms with Crippen LogP contribution in [0.5, 0.6) is 0 Å². The highest BCUT2D eigenvalue weighted by molar-refractivity contribution is 7.80. The van der Waals surface area contributed by atoms with Crippen molar-refractivity contribution in [3.05, 3.63) is 0 Å². The zero-order chi connectivity index (χ0) is 10.4. The Morgan fingerprint density at radius 2 is 1.86 bits per heavy atom. The van der Waals surface area contributed by atoms with Gasteiger partial charge < -0.3 is 13.8 Å². The number of rotatable bonds is 3. The van der Waals surface area contributed by atoms with Gasteiger partial charge in [0, 0.05) is 26.3 Å². The summed E-state index contributed by atoms with van der Waals surface area (Å²) in [6, 6.07) is 1.07. The number of nitrogens with zero attached hydrogens (tertiary/aromatic N) is 1. The van der Waals surface area contributed by atoms with Gasteiger partial charge in [-0.25, -0.2) is 0 Å². The molecule has 0 radical (unpaired) electrons. The molecule has 0 unspecified atom stereocenters. The van der Waals surface area contributed by atoms with E-state index in [2.05, 4.69) is 31.1 Å². The minimum atomic E-state index is -1.85. The van der Waals surface area contributed by atoms with E-state index in [1.165, 1.54) is 0 Å². The smallest absolute Gasteiger partial charge is 0.335 e.